The van der Waals surface area contributed by atoms with Gasteiger partial charge in [-0.05, 0) is 41.2 Å². The normalized spacial score (nSPS) is 11.0. The number of benzene rings is 3. The molecule has 0 saturated heterocycles. The monoisotopic (exact) mass is 341 g/mol. The Bertz CT molecular complexity index is 778. The first-order chi connectivity index (χ1) is 10.8. The fourth-order valence-corrected chi connectivity index (χ4v) is 4.57. The molecule has 0 saturated carbocycles. The third-order valence-corrected chi connectivity index (χ3v) is 5.81. The van der Waals surface area contributed by atoms with Gasteiger partial charge in [-0.15, -0.1) is 35.3 Å². The largest absolute Gasteiger partial charge is 0.129 e. The number of hydrogen-bond donors (Lipinski definition) is 0. The zero-order chi connectivity index (χ0) is 15.5. The van der Waals surface area contributed by atoms with Gasteiger partial charge in [0.25, 0.3) is 0 Å². The van der Waals surface area contributed by atoms with E-state index in [2.05, 4.69) is 73.4 Å². The molecule has 0 aliphatic rings. The molecule has 0 bridgehead atoms. The maximum absolute atomic E-state index is 3.56. The fraction of sp³-hybridized carbons (Fsp3) is 0.158. The molecule has 0 aromatic heterocycles. The van der Waals surface area contributed by atoms with Crippen LogP contribution >= 0.6 is 35.3 Å². The first kappa shape index (κ1) is 15.9. The Morgan fingerprint density at radius 1 is 0.818 bits per heavy atom. The molecule has 3 rings (SSSR count). The maximum Gasteiger partial charge on any atom is 0.0250 e. The van der Waals surface area contributed by atoms with Crippen LogP contribution in [-0.2, 0) is 0 Å². The van der Waals surface area contributed by atoms with E-state index in [0.29, 0.717) is 0 Å². The smallest absolute Gasteiger partial charge is 0.0250 e. The number of hydrogen-bond acceptors (Lipinski definition) is 3. The van der Waals surface area contributed by atoms with E-state index in [9.17, 15) is 0 Å². The van der Waals surface area contributed by atoms with Gasteiger partial charge in [0.1, 0.15) is 0 Å². The molecule has 0 amide bonds. The molecule has 3 aromatic carbocycles. The zero-order valence-electron chi connectivity index (χ0n) is 12.8. The van der Waals surface area contributed by atoms with Gasteiger partial charge < -0.3 is 0 Å². The predicted octanol–water partition coefficient (Wildman–Crippen LogP) is 6.47. The van der Waals surface area contributed by atoms with Gasteiger partial charge in [0.15, 0.2) is 0 Å². The molecular weight excluding hydrogens is 324 g/mol. The highest BCUT2D eigenvalue weighted by Crippen LogP contribution is 2.42. The molecule has 0 nitrogen and oxygen atoms in total. The highest BCUT2D eigenvalue weighted by Gasteiger charge is 2.14. The van der Waals surface area contributed by atoms with Gasteiger partial charge in [0.05, 0.1) is 0 Å². The Kier molecular flexibility index (Phi) is 5.07. The lowest BCUT2D eigenvalue weighted by Crippen LogP contribution is -1.90. The van der Waals surface area contributed by atoms with Crippen LogP contribution in [0.3, 0.4) is 0 Å². The molecule has 22 heavy (non-hydrogen) atoms. The summed E-state index contributed by atoms with van der Waals surface area (Å²) in [6.45, 7) is 0. The second-order valence-corrected chi connectivity index (χ2v) is 7.35. The average molecular weight is 342 g/mol. The summed E-state index contributed by atoms with van der Waals surface area (Å²) >= 11 is 5.34. The number of fused-ring (bicyclic) bond motifs is 1. The summed E-state index contributed by atoms with van der Waals surface area (Å²) in [4.78, 5) is 3.76. The third kappa shape index (κ3) is 2.90. The van der Waals surface area contributed by atoms with Crippen molar-refractivity contribution < 1.29 is 0 Å². The van der Waals surface area contributed by atoms with Crippen LogP contribution in [0.25, 0.3) is 21.9 Å². The Hall–Kier alpha value is -1.03. The van der Waals surface area contributed by atoms with Gasteiger partial charge in [-0.3, -0.25) is 0 Å². The second-order valence-electron chi connectivity index (χ2n) is 4.84. The molecular formula is C19H17S3. The minimum Gasteiger partial charge on any atom is -0.129 e. The van der Waals surface area contributed by atoms with Crippen LogP contribution in [0, 0.1) is 6.07 Å². The average Bonchev–Trinajstić information content (AvgIpc) is 2.60. The molecule has 3 aromatic rings. The minimum atomic E-state index is 1.21. The molecule has 0 unspecified atom stereocenters. The Morgan fingerprint density at radius 2 is 1.59 bits per heavy atom. The Morgan fingerprint density at radius 3 is 2.32 bits per heavy atom. The quantitative estimate of drug-likeness (QED) is 0.499. The van der Waals surface area contributed by atoms with E-state index >= 15 is 0 Å². The molecule has 0 N–H and O–H groups in total. The van der Waals surface area contributed by atoms with Gasteiger partial charge in [-0.25, -0.2) is 0 Å². The van der Waals surface area contributed by atoms with Gasteiger partial charge in [0.2, 0.25) is 0 Å². The van der Waals surface area contributed by atoms with Crippen molar-refractivity contribution in [3.8, 4) is 11.1 Å². The summed E-state index contributed by atoms with van der Waals surface area (Å²) in [6.07, 6.45) is 6.39. The third-order valence-electron chi connectivity index (χ3n) is 3.68. The lowest BCUT2D eigenvalue weighted by atomic mass is 9.98. The first-order valence-corrected chi connectivity index (χ1v) is 10.7. The lowest BCUT2D eigenvalue weighted by molar-refractivity contribution is 1.23. The van der Waals surface area contributed by atoms with Crippen molar-refractivity contribution in [3.05, 3.63) is 54.6 Å². The highest BCUT2D eigenvalue weighted by atomic mass is 32.2. The molecule has 1 radical (unpaired) electrons. The summed E-state index contributed by atoms with van der Waals surface area (Å²) < 4.78 is 0. The first-order valence-electron chi connectivity index (χ1n) is 6.99. The van der Waals surface area contributed by atoms with Crippen LogP contribution in [0.15, 0.2) is 63.2 Å². The van der Waals surface area contributed by atoms with Crippen molar-refractivity contribution in [2.45, 2.75) is 14.7 Å². The van der Waals surface area contributed by atoms with E-state index in [1.54, 1.807) is 23.5 Å². The summed E-state index contributed by atoms with van der Waals surface area (Å²) in [5.41, 5.74) is 2.62. The number of thioether (sulfide) groups is 3. The highest BCUT2D eigenvalue weighted by molar-refractivity contribution is 8.00. The van der Waals surface area contributed by atoms with Crippen LogP contribution in [0.4, 0.5) is 0 Å². The van der Waals surface area contributed by atoms with Crippen LogP contribution in [0.1, 0.15) is 0 Å². The lowest BCUT2D eigenvalue weighted by Gasteiger charge is -2.16. The SMILES string of the molecule is CSc1[c]c(SC)c(-c2cccc3ccccc23)c(SC)c1. The summed E-state index contributed by atoms with van der Waals surface area (Å²) in [5.74, 6) is 0. The van der Waals surface area contributed by atoms with Gasteiger partial charge in [0, 0.05) is 26.3 Å². The Labute approximate surface area is 145 Å². The fourth-order valence-electron chi connectivity index (χ4n) is 2.64. The molecule has 0 spiro atoms. The topological polar surface area (TPSA) is 0 Å². The molecule has 0 atom stereocenters. The molecule has 0 aliphatic carbocycles. The van der Waals surface area contributed by atoms with Crippen molar-refractivity contribution in [2.24, 2.45) is 0 Å². The van der Waals surface area contributed by atoms with Crippen molar-refractivity contribution in [2.75, 3.05) is 18.8 Å². The van der Waals surface area contributed by atoms with Crippen molar-refractivity contribution in [1.29, 1.82) is 0 Å². The predicted molar refractivity (Wildman–Crippen MR) is 104 cm³/mol. The molecule has 3 heteroatoms. The van der Waals surface area contributed by atoms with Crippen molar-refractivity contribution in [1.82, 2.24) is 0 Å². The van der Waals surface area contributed by atoms with Gasteiger partial charge >= 0.3 is 0 Å². The molecule has 0 fully saturated rings. The van der Waals surface area contributed by atoms with E-state index in [1.807, 2.05) is 11.8 Å². The van der Waals surface area contributed by atoms with Crippen LogP contribution < -0.4 is 0 Å². The maximum atomic E-state index is 3.56. The van der Waals surface area contributed by atoms with E-state index in [-0.39, 0.29) is 0 Å². The summed E-state index contributed by atoms with van der Waals surface area (Å²) in [6, 6.07) is 21.0. The van der Waals surface area contributed by atoms with E-state index in [1.165, 1.54) is 36.6 Å². The van der Waals surface area contributed by atoms with Crippen LogP contribution in [0.5, 0.6) is 0 Å². The van der Waals surface area contributed by atoms with Gasteiger partial charge in [-0.1, -0.05) is 42.5 Å². The van der Waals surface area contributed by atoms with E-state index in [4.69, 9.17) is 0 Å². The minimum absolute atomic E-state index is 1.21. The van der Waals surface area contributed by atoms with E-state index in [0.717, 1.165) is 0 Å². The van der Waals surface area contributed by atoms with Crippen LogP contribution in [0.2, 0.25) is 0 Å². The Balaban J connectivity index is 2.34. The number of rotatable bonds is 4. The van der Waals surface area contributed by atoms with Crippen LogP contribution in [-0.4, -0.2) is 18.8 Å². The summed E-state index contributed by atoms with van der Waals surface area (Å²) in [7, 11) is 0. The van der Waals surface area contributed by atoms with E-state index < -0.39 is 0 Å². The standard InChI is InChI=1S/C19H17S3/c1-20-14-11-17(21-2)19(18(12-14)22-3)16-10-6-8-13-7-4-5-9-15(13)16/h4-11H,1-3H3. The molecule has 0 aliphatic heterocycles. The van der Waals surface area contributed by atoms with Gasteiger partial charge in [-0.2, -0.15) is 0 Å². The van der Waals surface area contributed by atoms with Crippen molar-refractivity contribution in [3.63, 3.8) is 0 Å². The summed E-state index contributed by atoms with van der Waals surface area (Å²) in [5, 5.41) is 2.59. The van der Waals surface area contributed by atoms with Crippen molar-refractivity contribution >= 4 is 46.1 Å². The second kappa shape index (κ2) is 7.03. The molecule has 111 valence electrons. The molecule has 0 heterocycles. The zero-order valence-corrected chi connectivity index (χ0v) is 15.3.